The molecule has 2 aromatic rings. The molecule has 176 valence electrons. The van der Waals surface area contributed by atoms with E-state index in [0.29, 0.717) is 41.8 Å². The van der Waals surface area contributed by atoms with Gasteiger partial charge in [0.15, 0.2) is 0 Å². The summed E-state index contributed by atoms with van der Waals surface area (Å²) in [5.41, 5.74) is 5.98. The van der Waals surface area contributed by atoms with E-state index < -0.39 is 11.9 Å². The highest BCUT2D eigenvalue weighted by molar-refractivity contribution is 7.98. The van der Waals surface area contributed by atoms with Crippen LogP contribution in [0.2, 0.25) is 0 Å². The van der Waals surface area contributed by atoms with E-state index in [-0.39, 0.29) is 24.6 Å². The topological polar surface area (TPSA) is 127 Å². The minimum atomic E-state index is -0.524. The smallest absolute Gasteiger partial charge is 0.351 e. The summed E-state index contributed by atoms with van der Waals surface area (Å²) in [4.78, 5) is 15.9. The van der Waals surface area contributed by atoms with Gasteiger partial charge in [-0.25, -0.2) is 4.79 Å². The lowest BCUT2D eigenvalue weighted by Gasteiger charge is -2.18. The fourth-order valence-electron chi connectivity index (χ4n) is 3.58. The summed E-state index contributed by atoms with van der Waals surface area (Å²) in [5, 5.41) is 9.39. The second kappa shape index (κ2) is 11.4. The SMILES string of the molecule is COc1cc(OC)c(CSCOC2CC(n3ccc(N)nc3=O)OC2CCO)c(OC)c1. The Hall–Kier alpha value is -2.47. The molecule has 1 fully saturated rings. The molecule has 1 aromatic carbocycles. The van der Waals surface area contributed by atoms with Crippen molar-refractivity contribution in [2.24, 2.45) is 0 Å². The van der Waals surface area contributed by atoms with E-state index in [1.165, 1.54) is 4.57 Å². The summed E-state index contributed by atoms with van der Waals surface area (Å²) in [5.74, 6) is 3.13. The Bertz CT molecular complexity index is 930. The molecule has 2 heterocycles. The Morgan fingerprint density at radius 1 is 1.25 bits per heavy atom. The number of rotatable bonds is 11. The molecule has 1 aromatic heterocycles. The van der Waals surface area contributed by atoms with Crippen molar-refractivity contribution in [1.82, 2.24) is 9.55 Å². The van der Waals surface area contributed by atoms with Crippen molar-refractivity contribution in [3.05, 3.63) is 40.4 Å². The molecule has 11 heteroatoms. The van der Waals surface area contributed by atoms with Gasteiger partial charge < -0.3 is 34.5 Å². The predicted octanol–water partition coefficient (Wildman–Crippen LogP) is 1.80. The number of nitrogens with two attached hydrogens (primary N) is 1. The molecule has 1 saturated heterocycles. The van der Waals surface area contributed by atoms with Crippen molar-refractivity contribution in [2.45, 2.75) is 37.0 Å². The number of hydrogen-bond donors (Lipinski definition) is 2. The molecule has 0 spiro atoms. The number of benzene rings is 1. The summed E-state index contributed by atoms with van der Waals surface area (Å²) in [7, 11) is 4.79. The van der Waals surface area contributed by atoms with E-state index in [1.54, 1.807) is 45.4 Å². The van der Waals surface area contributed by atoms with Crippen molar-refractivity contribution >= 4 is 17.6 Å². The van der Waals surface area contributed by atoms with Crippen molar-refractivity contribution < 1.29 is 28.8 Å². The normalized spacial score (nSPS) is 20.3. The lowest BCUT2D eigenvalue weighted by atomic mass is 10.1. The van der Waals surface area contributed by atoms with Crippen molar-refractivity contribution in [3.8, 4) is 17.2 Å². The van der Waals surface area contributed by atoms with Gasteiger partial charge >= 0.3 is 5.69 Å². The van der Waals surface area contributed by atoms with Crippen LogP contribution in [-0.4, -0.2) is 60.7 Å². The van der Waals surface area contributed by atoms with E-state index >= 15 is 0 Å². The third kappa shape index (κ3) is 5.66. The predicted molar refractivity (Wildman–Crippen MR) is 120 cm³/mol. The van der Waals surface area contributed by atoms with Gasteiger partial charge in [0.1, 0.15) is 29.3 Å². The zero-order valence-electron chi connectivity index (χ0n) is 18.4. The van der Waals surface area contributed by atoms with Crippen molar-refractivity contribution in [3.63, 3.8) is 0 Å². The van der Waals surface area contributed by atoms with Crippen LogP contribution in [0.1, 0.15) is 24.6 Å². The zero-order chi connectivity index (χ0) is 23.1. The van der Waals surface area contributed by atoms with Crippen LogP contribution >= 0.6 is 11.8 Å². The number of nitrogen functional groups attached to an aromatic ring is 1. The summed E-state index contributed by atoms with van der Waals surface area (Å²) < 4.78 is 29.7. The molecule has 3 unspecified atom stereocenters. The number of anilines is 1. The van der Waals surface area contributed by atoms with Crippen LogP contribution in [0, 0.1) is 0 Å². The van der Waals surface area contributed by atoms with Crippen LogP contribution in [0.15, 0.2) is 29.2 Å². The lowest BCUT2D eigenvalue weighted by molar-refractivity contribution is -0.0408. The van der Waals surface area contributed by atoms with Gasteiger partial charge in [-0.1, -0.05) is 0 Å². The summed E-state index contributed by atoms with van der Waals surface area (Å²) in [6.07, 6.45) is 1.30. The van der Waals surface area contributed by atoms with Gasteiger partial charge in [0.05, 0.1) is 39.5 Å². The number of thioether (sulfide) groups is 1. The van der Waals surface area contributed by atoms with E-state index in [2.05, 4.69) is 4.98 Å². The third-order valence-electron chi connectivity index (χ3n) is 5.18. The highest BCUT2D eigenvalue weighted by Crippen LogP contribution is 2.37. The number of ether oxygens (including phenoxy) is 5. The standard InChI is InChI=1S/C21H29N3O7S/c1-27-13-8-16(28-2)14(17(9-13)29-3)11-32-12-30-18-10-20(31-15(18)5-7-25)24-6-4-19(22)23-21(24)26/h4,6,8-9,15,18,20,25H,5,7,10-12H2,1-3H3,(H2,22,23,26). The van der Waals surface area contributed by atoms with E-state index in [0.717, 1.165) is 5.56 Å². The molecule has 0 amide bonds. The number of aliphatic hydroxyl groups excluding tert-OH is 1. The summed E-state index contributed by atoms with van der Waals surface area (Å²) in [6, 6.07) is 5.17. The van der Waals surface area contributed by atoms with E-state index in [1.807, 2.05) is 12.1 Å². The zero-order valence-corrected chi connectivity index (χ0v) is 19.2. The maximum atomic E-state index is 12.1. The highest BCUT2D eigenvalue weighted by Gasteiger charge is 2.37. The average molecular weight is 468 g/mol. The van der Waals surface area contributed by atoms with Crippen LogP contribution in [0.3, 0.4) is 0 Å². The molecular formula is C21H29N3O7S. The van der Waals surface area contributed by atoms with E-state index in [4.69, 9.17) is 29.4 Å². The molecule has 10 nitrogen and oxygen atoms in total. The maximum absolute atomic E-state index is 12.1. The Kier molecular flexibility index (Phi) is 8.62. The molecule has 0 radical (unpaired) electrons. The molecule has 1 aliphatic rings. The molecular weight excluding hydrogens is 438 g/mol. The third-order valence-corrected chi connectivity index (χ3v) is 5.98. The first-order valence-corrected chi connectivity index (χ1v) is 11.2. The summed E-state index contributed by atoms with van der Waals surface area (Å²) >= 11 is 1.55. The largest absolute Gasteiger partial charge is 0.496 e. The minimum absolute atomic E-state index is 0.0421. The van der Waals surface area contributed by atoms with Crippen LogP contribution in [0.5, 0.6) is 17.2 Å². The highest BCUT2D eigenvalue weighted by atomic mass is 32.2. The van der Waals surface area contributed by atoms with Gasteiger partial charge in [-0.3, -0.25) is 4.57 Å². The molecule has 0 aliphatic carbocycles. The fourth-order valence-corrected chi connectivity index (χ4v) is 4.42. The molecule has 32 heavy (non-hydrogen) atoms. The average Bonchev–Trinajstić information content (AvgIpc) is 3.18. The Labute approximate surface area is 190 Å². The van der Waals surface area contributed by atoms with Crippen molar-refractivity contribution in [2.75, 3.05) is 39.6 Å². The van der Waals surface area contributed by atoms with Gasteiger partial charge in [0.25, 0.3) is 0 Å². The summed E-state index contributed by atoms with van der Waals surface area (Å²) in [6.45, 7) is -0.0421. The molecule has 0 saturated carbocycles. The first kappa shape index (κ1) is 24.2. The van der Waals surface area contributed by atoms with Gasteiger partial charge in [-0.05, 0) is 12.5 Å². The minimum Gasteiger partial charge on any atom is -0.496 e. The molecule has 1 aliphatic heterocycles. The lowest BCUT2D eigenvalue weighted by Crippen LogP contribution is -2.27. The Morgan fingerprint density at radius 2 is 1.97 bits per heavy atom. The number of hydrogen-bond acceptors (Lipinski definition) is 10. The van der Waals surface area contributed by atoms with Crippen LogP contribution in [0.25, 0.3) is 0 Å². The quantitative estimate of drug-likeness (QED) is 0.373. The molecule has 3 rings (SSSR count). The number of nitrogens with zero attached hydrogens (tertiary/aromatic N) is 2. The van der Waals surface area contributed by atoms with E-state index in [9.17, 15) is 9.90 Å². The monoisotopic (exact) mass is 467 g/mol. The number of aromatic nitrogens is 2. The molecule has 3 N–H and O–H groups in total. The number of aliphatic hydroxyl groups is 1. The Morgan fingerprint density at radius 3 is 2.56 bits per heavy atom. The molecule has 0 bridgehead atoms. The van der Waals surface area contributed by atoms with Gasteiger partial charge in [-0.15, -0.1) is 11.8 Å². The number of methoxy groups -OCH3 is 3. The molecule has 3 atom stereocenters. The second-order valence-corrected chi connectivity index (χ2v) is 8.03. The van der Waals surface area contributed by atoms with Crippen LogP contribution in [-0.2, 0) is 15.2 Å². The first-order chi connectivity index (χ1) is 15.5. The fraction of sp³-hybridized carbons (Fsp3) is 0.524. The van der Waals surface area contributed by atoms with Gasteiger partial charge in [0.2, 0.25) is 0 Å². The Balaban J connectivity index is 1.62. The van der Waals surface area contributed by atoms with Gasteiger partial charge in [-0.2, -0.15) is 4.98 Å². The van der Waals surface area contributed by atoms with Gasteiger partial charge in [0, 0.05) is 42.7 Å². The second-order valence-electron chi connectivity index (χ2n) is 7.10. The van der Waals surface area contributed by atoms with Crippen molar-refractivity contribution in [1.29, 1.82) is 0 Å². The van der Waals surface area contributed by atoms with Crippen LogP contribution in [0.4, 0.5) is 5.82 Å². The first-order valence-electron chi connectivity index (χ1n) is 10.1. The maximum Gasteiger partial charge on any atom is 0.351 e. The van der Waals surface area contributed by atoms with Crippen LogP contribution < -0.4 is 25.6 Å².